The van der Waals surface area contributed by atoms with Gasteiger partial charge < -0.3 is 0 Å². The average Bonchev–Trinajstić information content (AvgIpc) is 2.48. The van der Waals surface area contributed by atoms with Gasteiger partial charge in [-0.1, -0.05) is 12.5 Å². The van der Waals surface area contributed by atoms with Crippen molar-refractivity contribution in [3.05, 3.63) is 30.1 Å². The predicted molar refractivity (Wildman–Crippen MR) is 79.7 cm³/mol. The number of nitrogens with zero attached hydrogens (tertiary/aromatic N) is 3. The molecule has 7 heteroatoms. The van der Waals surface area contributed by atoms with Gasteiger partial charge in [0.2, 0.25) is 0 Å². The molecule has 0 aliphatic carbocycles. The SMILES string of the molecule is CN(Cc1ccccn1)S(=O)(=O)N1CCCCC1CCl. The minimum atomic E-state index is -3.48. The highest BCUT2D eigenvalue weighted by Gasteiger charge is 2.34. The van der Waals surface area contributed by atoms with Crippen LogP contribution in [0.4, 0.5) is 0 Å². The van der Waals surface area contributed by atoms with E-state index < -0.39 is 10.2 Å². The van der Waals surface area contributed by atoms with E-state index in [0.717, 1.165) is 25.0 Å². The molecule has 0 aromatic carbocycles. The van der Waals surface area contributed by atoms with E-state index in [-0.39, 0.29) is 12.6 Å². The summed E-state index contributed by atoms with van der Waals surface area (Å²) in [4.78, 5) is 4.17. The maximum atomic E-state index is 12.6. The molecule has 2 heterocycles. The maximum absolute atomic E-state index is 12.6. The van der Waals surface area contributed by atoms with Crippen LogP contribution in [0.3, 0.4) is 0 Å². The third-order valence-corrected chi connectivity index (χ3v) is 5.90. The first-order valence-corrected chi connectivity index (χ1v) is 8.68. The number of rotatable bonds is 5. The lowest BCUT2D eigenvalue weighted by Gasteiger charge is -2.35. The van der Waals surface area contributed by atoms with Gasteiger partial charge in [0.05, 0.1) is 12.2 Å². The second kappa shape index (κ2) is 6.85. The van der Waals surface area contributed by atoms with Crippen molar-refractivity contribution in [2.75, 3.05) is 19.5 Å². The van der Waals surface area contributed by atoms with Crippen molar-refractivity contribution in [1.29, 1.82) is 0 Å². The fourth-order valence-corrected chi connectivity index (χ4v) is 4.39. The molecule has 20 heavy (non-hydrogen) atoms. The van der Waals surface area contributed by atoms with E-state index >= 15 is 0 Å². The lowest BCUT2D eigenvalue weighted by atomic mass is 10.1. The number of hydrogen-bond donors (Lipinski definition) is 0. The Bertz CT molecular complexity index is 524. The van der Waals surface area contributed by atoms with Gasteiger partial charge in [-0.25, -0.2) is 0 Å². The maximum Gasteiger partial charge on any atom is 0.282 e. The van der Waals surface area contributed by atoms with Crippen LogP contribution in [0.5, 0.6) is 0 Å². The molecule has 1 fully saturated rings. The Balaban J connectivity index is 2.12. The topological polar surface area (TPSA) is 53.5 Å². The number of piperidine rings is 1. The normalized spacial score (nSPS) is 21.2. The van der Waals surface area contributed by atoms with Crippen molar-refractivity contribution in [2.24, 2.45) is 0 Å². The van der Waals surface area contributed by atoms with Crippen LogP contribution < -0.4 is 0 Å². The lowest BCUT2D eigenvalue weighted by molar-refractivity contribution is 0.251. The van der Waals surface area contributed by atoms with Crippen LogP contribution in [0.15, 0.2) is 24.4 Å². The fourth-order valence-electron chi connectivity index (χ4n) is 2.41. The molecule has 1 aromatic heterocycles. The Morgan fingerprint density at radius 1 is 1.45 bits per heavy atom. The summed E-state index contributed by atoms with van der Waals surface area (Å²) in [5.74, 6) is 0.344. The van der Waals surface area contributed by atoms with E-state index in [1.807, 2.05) is 18.2 Å². The van der Waals surface area contributed by atoms with Gasteiger partial charge in [0.25, 0.3) is 10.2 Å². The second-order valence-corrected chi connectivity index (χ2v) is 7.30. The van der Waals surface area contributed by atoms with Crippen LogP contribution in [0, 0.1) is 0 Å². The summed E-state index contributed by atoms with van der Waals surface area (Å²) >= 11 is 5.91. The molecular formula is C13H20ClN3O2S. The summed E-state index contributed by atoms with van der Waals surface area (Å²) in [5.41, 5.74) is 0.734. The van der Waals surface area contributed by atoms with E-state index in [4.69, 9.17) is 11.6 Å². The van der Waals surface area contributed by atoms with Crippen molar-refractivity contribution in [3.63, 3.8) is 0 Å². The Morgan fingerprint density at radius 3 is 2.90 bits per heavy atom. The van der Waals surface area contributed by atoms with E-state index in [2.05, 4.69) is 4.98 Å². The second-order valence-electron chi connectivity index (χ2n) is 5.00. The molecule has 1 unspecified atom stereocenters. The molecule has 1 aliphatic heterocycles. The third-order valence-electron chi connectivity index (χ3n) is 3.55. The molecule has 1 aromatic rings. The van der Waals surface area contributed by atoms with Crippen LogP contribution in [0.2, 0.25) is 0 Å². The summed E-state index contributed by atoms with van der Waals surface area (Å²) in [7, 11) is -1.89. The van der Waals surface area contributed by atoms with E-state index in [9.17, 15) is 8.42 Å². The quantitative estimate of drug-likeness (QED) is 0.779. The van der Waals surface area contributed by atoms with Crippen LogP contribution in [0.25, 0.3) is 0 Å². The average molecular weight is 318 g/mol. The highest BCUT2D eigenvalue weighted by Crippen LogP contribution is 2.23. The van der Waals surface area contributed by atoms with Gasteiger partial charge >= 0.3 is 0 Å². The minimum Gasteiger partial charge on any atom is -0.260 e. The molecule has 0 radical (unpaired) electrons. The molecule has 0 bridgehead atoms. The van der Waals surface area contributed by atoms with Crippen LogP contribution in [-0.4, -0.2) is 47.5 Å². The van der Waals surface area contributed by atoms with Crippen molar-refractivity contribution >= 4 is 21.8 Å². The number of alkyl halides is 1. The number of hydrogen-bond acceptors (Lipinski definition) is 3. The first-order valence-electron chi connectivity index (χ1n) is 6.74. The first-order chi connectivity index (χ1) is 9.55. The van der Waals surface area contributed by atoms with Gasteiger partial charge in [-0.3, -0.25) is 4.98 Å². The third kappa shape index (κ3) is 3.49. The first kappa shape index (κ1) is 15.7. The van der Waals surface area contributed by atoms with Crippen molar-refractivity contribution in [3.8, 4) is 0 Å². The molecule has 2 rings (SSSR count). The van der Waals surface area contributed by atoms with Gasteiger partial charge in [0.1, 0.15) is 0 Å². The van der Waals surface area contributed by atoms with Crippen molar-refractivity contribution in [2.45, 2.75) is 31.8 Å². The summed E-state index contributed by atoms with van der Waals surface area (Å²) in [6.45, 7) is 0.820. The number of aromatic nitrogens is 1. The van der Waals surface area contributed by atoms with Gasteiger partial charge in [-0.15, -0.1) is 11.6 Å². The Morgan fingerprint density at radius 2 is 2.25 bits per heavy atom. The van der Waals surface area contributed by atoms with Crippen molar-refractivity contribution in [1.82, 2.24) is 13.6 Å². The minimum absolute atomic E-state index is 0.0957. The molecule has 1 atom stereocenters. The monoisotopic (exact) mass is 317 g/mol. The smallest absolute Gasteiger partial charge is 0.260 e. The number of pyridine rings is 1. The van der Waals surface area contributed by atoms with Gasteiger partial charge in [-0.05, 0) is 25.0 Å². The van der Waals surface area contributed by atoms with Gasteiger partial charge in [0.15, 0.2) is 0 Å². The molecule has 5 nitrogen and oxygen atoms in total. The largest absolute Gasteiger partial charge is 0.282 e. The van der Waals surface area contributed by atoms with Crippen LogP contribution in [0.1, 0.15) is 25.0 Å². The molecule has 112 valence electrons. The zero-order valence-corrected chi connectivity index (χ0v) is 13.1. The van der Waals surface area contributed by atoms with Crippen LogP contribution in [-0.2, 0) is 16.8 Å². The zero-order chi connectivity index (χ0) is 14.6. The fraction of sp³-hybridized carbons (Fsp3) is 0.615. The van der Waals surface area contributed by atoms with Crippen LogP contribution >= 0.6 is 11.6 Å². The van der Waals surface area contributed by atoms with Crippen molar-refractivity contribution < 1.29 is 8.42 Å². The lowest BCUT2D eigenvalue weighted by Crippen LogP contribution is -2.50. The summed E-state index contributed by atoms with van der Waals surface area (Å²) in [6, 6.07) is 5.39. The highest BCUT2D eigenvalue weighted by molar-refractivity contribution is 7.86. The highest BCUT2D eigenvalue weighted by atomic mass is 35.5. The molecule has 0 saturated carbocycles. The van der Waals surface area contributed by atoms with Gasteiger partial charge in [-0.2, -0.15) is 17.0 Å². The van der Waals surface area contributed by atoms with E-state index in [1.165, 1.54) is 8.61 Å². The molecule has 1 saturated heterocycles. The zero-order valence-electron chi connectivity index (χ0n) is 11.6. The summed E-state index contributed by atoms with van der Waals surface area (Å²) in [5, 5.41) is 0. The molecule has 0 amide bonds. The predicted octanol–water partition coefficient (Wildman–Crippen LogP) is 1.85. The van der Waals surface area contributed by atoms with Gasteiger partial charge in [0, 0.05) is 31.7 Å². The Kier molecular flexibility index (Phi) is 5.37. The van der Waals surface area contributed by atoms with E-state index in [0.29, 0.717) is 12.4 Å². The molecule has 0 N–H and O–H groups in total. The Labute approximate surface area is 125 Å². The summed E-state index contributed by atoms with van der Waals surface area (Å²) < 4.78 is 28.1. The summed E-state index contributed by atoms with van der Waals surface area (Å²) in [6.07, 6.45) is 4.43. The molecular weight excluding hydrogens is 298 g/mol. The molecule has 1 aliphatic rings. The van der Waals surface area contributed by atoms with E-state index in [1.54, 1.807) is 13.2 Å². The molecule has 0 spiro atoms. The number of halogens is 1. The standard InChI is InChI=1S/C13H20ClN3O2S/c1-16(11-12-6-2-4-8-15-12)20(18,19)17-9-5-3-7-13(17)10-14/h2,4,6,8,13H,3,5,7,9-11H2,1H3. The Hall–Kier alpha value is -0.690.